The van der Waals surface area contributed by atoms with Gasteiger partial charge in [-0.3, -0.25) is 4.79 Å². The fourth-order valence-corrected chi connectivity index (χ4v) is 2.56. The van der Waals surface area contributed by atoms with E-state index in [-0.39, 0.29) is 11.9 Å². The van der Waals surface area contributed by atoms with Gasteiger partial charge in [0, 0.05) is 19.6 Å². The fourth-order valence-electron chi connectivity index (χ4n) is 2.56. The Balaban J connectivity index is 1.79. The summed E-state index contributed by atoms with van der Waals surface area (Å²) in [7, 11) is 0. The number of piperidine rings is 1. The van der Waals surface area contributed by atoms with Gasteiger partial charge in [-0.05, 0) is 31.7 Å². The number of nitrogens with zero attached hydrogens (tertiary/aromatic N) is 1. The molecule has 1 fully saturated rings. The summed E-state index contributed by atoms with van der Waals surface area (Å²) >= 11 is 0. The molecule has 4 nitrogen and oxygen atoms in total. The second-order valence-electron chi connectivity index (χ2n) is 5.44. The molecule has 0 aliphatic carbocycles. The van der Waals surface area contributed by atoms with Crippen LogP contribution in [0.3, 0.4) is 0 Å². The van der Waals surface area contributed by atoms with E-state index in [1.54, 1.807) is 0 Å². The largest absolute Gasteiger partial charge is 0.387 e. The molecule has 110 valence electrons. The topological polar surface area (TPSA) is 52.6 Å². The predicted molar refractivity (Wildman–Crippen MR) is 79.3 cm³/mol. The van der Waals surface area contributed by atoms with Gasteiger partial charge in [-0.25, -0.2) is 0 Å². The van der Waals surface area contributed by atoms with E-state index >= 15 is 0 Å². The molecule has 20 heavy (non-hydrogen) atoms. The van der Waals surface area contributed by atoms with Gasteiger partial charge in [0.2, 0.25) is 5.91 Å². The van der Waals surface area contributed by atoms with Crippen LogP contribution in [0.15, 0.2) is 30.3 Å². The number of aliphatic hydroxyl groups excluding tert-OH is 1. The highest BCUT2D eigenvalue weighted by atomic mass is 16.3. The van der Waals surface area contributed by atoms with Crippen LogP contribution in [0.4, 0.5) is 0 Å². The number of amides is 1. The molecule has 1 saturated heterocycles. The Morgan fingerprint density at radius 1 is 1.25 bits per heavy atom. The van der Waals surface area contributed by atoms with Crippen LogP contribution in [0.2, 0.25) is 0 Å². The molecule has 1 aliphatic heterocycles. The molecule has 0 bridgehead atoms. The minimum Gasteiger partial charge on any atom is -0.387 e. The number of carbonyl (C=O) groups is 1. The monoisotopic (exact) mass is 276 g/mol. The molecule has 1 heterocycles. The molecular formula is C16H24N2O2. The molecule has 2 unspecified atom stereocenters. The van der Waals surface area contributed by atoms with Crippen molar-refractivity contribution in [3.05, 3.63) is 35.9 Å². The predicted octanol–water partition coefficient (Wildman–Crippen LogP) is 1.71. The van der Waals surface area contributed by atoms with Gasteiger partial charge in [0.1, 0.15) is 0 Å². The lowest BCUT2D eigenvalue weighted by atomic mass is 10.1. The van der Waals surface area contributed by atoms with Crippen molar-refractivity contribution in [1.29, 1.82) is 0 Å². The van der Waals surface area contributed by atoms with Gasteiger partial charge >= 0.3 is 0 Å². The zero-order valence-electron chi connectivity index (χ0n) is 12.1. The lowest BCUT2D eigenvalue weighted by Crippen LogP contribution is -2.47. The van der Waals surface area contributed by atoms with Crippen LogP contribution in [0.5, 0.6) is 0 Å². The van der Waals surface area contributed by atoms with E-state index in [0.717, 1.165) is 31.5 Å². The standard InChI is InChI=1S/C16H24N2O2/c1-13(16(20)18-10-6-3-7-11-18)17-12-15(19)14-8-4-2-5-9-14/h2,4-5,8-9,13,15,17,19H,3,6-7,10-12H2,1H3. The van der Waals surface area contributed by atoms with E-state index in [1.807, 2.05) is 42.2 Å². The van der Waals surface area contributed by atoms with Crippen LogP contribution in [0.1, 0.15) is 37.9 Å². The Hall–Kier alpha value is -1.39. The van der Waals surface area contributed by atoms with E-state index in [2.05, 4.69) is 5.32 Å². The summed E-state index contributed by atoms with van der Waals surface area (Å²) in [5, 5.41) is 13.2. The molecule has 0 radical (unpaired) electrons. The number of hydrogen-bond acceptors (Lipinski definition) is 3. The maximum atomic E-state index is 12.2. The number of aliphatic hydroxyl groups is 1. The van der Waals surface area contributed by atoms with E-state index in [1.165, 1.54) is 6.42 Å². The number of likely N-dealkylation sites (tertiary alicyclic amines) is 1. The fraction of sp³-hybridized carbons (Fsp3) is 0.562. The molecule has 4 heteroatoms. The Bertz CT molecular complexity index is 416. The molecular weight excluding hydrogens is 252 g/mol. The van der Waals surface area contributed by atoms with Crippen molar-refractivity contribution in [2.24, 2.45) is 0 Å². The van der Waals surface area contributed by atoms with E-state index in [4.69, 9.17) is 0 Å². The zero-order valence-corrected chi connectivity index (χ0v) is 12.1. The number of nitrogens with one attached hydrogen (secondary N) is 1. The van der Waals surface area contributed by atoms with Crippen molar-refractivity contribution in [1.82, 2.24) is 10.2 Å². The Morgan fingerprint density at radius 3 is 2.55 bits per heavy atom. The molecule has 1 aliphatic rings. The molecule has 1 amide bonds. The van der Waals surface area contributed by atoms with Gasteiger partial charge < -0.3 is 15.3 Å². The van der Waals surface area contributed by atoms with Crippen molar-refractivity contribution in [3.63, 3.8) is 0 Å². The van der Waals surface area contributed by atoms with Gasteiger partial charge in [0.15, 0.2) is 0 Å². The van der Waals surface area contributed by atoms with Crippen LogP contribution in [-0.2, 0) is 4.79 Å². The first-order valence-corrected chi connectivity index (χ1v) is 7.43. The molecule has 1 aromatic carbocycles. The SMILES string of the molecule is CC(NCC(O)c1ccccc1)C(=O)N1CCCCC1. The summed E-state index contributed by atoms with van der Waals surface area (Å²) < 4.78 is 0. The van der Waals surface area contributed by atoms with E-state index in [0.29, 0.717) is 6.54 Å². The Labute approximate surface area is 120 Å². The maximum absolute atomic E-state index is 12.2. The normalized spacial score (nSPS) is 18.6. The van der Waals surface area contributed by atoms with Gasteiger partial charge in [0.25, 0.3) is 0 Å². The summed E-state index contributed by atoms with van der Waals surface area (Å²) in [5.41, 5.74) is 0.873. The van der Waals surface area contributed by atoms with Crippen LogP contribution in [0, 0.1) is 0 Å². The van der Waals surface area contributed by atoms with Crippen molar-refractivity contribution in [3.8, 4) is 0 Å². The molecule has 0 aromatic heterocycles. The molecule has 0 spiro atoms. The second kappa shape index (κ2) is 7.41. The molecule has 0 saturated carbocycles. The lowest BCUT2D eigenvalue weighted by Gasteiger charge is -2.29. The first-order chi connectivity index (χ1) is 9.68. The number of carbonyl (C=O) groups excluding carboxylic acids is 1. The van der Waals surface area contributed by atoms with Gasteiger partial charge in [0.05, 0.1) is 12.1 Å². The van der Waals surface area contributed by atoms with Crippen molar-refractivity contribution < 1.29 is 9.90 Å². The summed E-state index contributed by atoms with van der Waals surface area (Å²) in [6.45, 7) is 4.00. The number of rotatable bonds is 5. The summed E-state index contributed by atoms with van der Waals surface area (Å²) in [4.78, 5) is 14.2. The van der Waals surface area contributed by atoms with Crippen LogP contribution in [0.25, 0.3) is 0 Å². The minimum atomic E-state index is -0.576. The summed E-state index contributed by atoms with van der Waals surface area (Å²) in [6, 6.07) is 9.27. The summed E-state index contributed by atoms with van der Waals surface area (Å²) in [6.07, 6.45) is 2.85. The van der Waals surface area contributed by atoms with Crippen molar-refractivity contribution in [2.75, 3.05) is 19.6 Å². The lowest BCUT2D eigenvalue weighted by molar-refractivity contribution is -0.134. The highest BCUT2D eigenvalue weighted by Gasteiger charge is 2.22. The quantitative estimate of drug-likeness (QED) is 0.861. The second-order valence-corrected chi connectivity index (χ2v) is 5.44. The number of benzene rings is 1. The maximum Gasteiger partial charge on any atom is 0.239 e. The molecule has 2 rings (SSSR count). The third-order valence-electron chi connectivity index (χ3n) is 3.84. The Kier molecular flexibility index (Phi) is 5.56. The molecule has 2 N–H and O–H groups in total. The van der Waals surface area contributed by atoms with Crippen LogP contribution >= 0.6 is 0 Å². The number of hydrogen-bond donors (Lipinski definition) is 2. The highest BCUT2D eigenvalue weighted by Crippen LogP contribution is 2.12. The zero-order chi connectivity index (χ0) is 14.4. The highest BCUT2D eigenvalue weighted by molar-refractivity contribution is 5.81. The van der Waals surface area contributed by atoms with Crippen LogP contribution < -0.4 is 5.32 Å². The van der Waals surface area contributed by atoms with Crippen molar-refractivity contribution in [2.45, 2.75) is 38.3 Å². The van der Waals surface area contributed by atoms with Gasteiger partial charge in [-0.1, -0.05) is 30.3 Å². The van der Waals surface area contributed by atoms with Crippen LogP contribution in [-0.4, -0.2) is 41.6 Å². The van der Waals surface area contributed by atoms with E-state index < -0.39 is 6.10 Å². The average Bonchev–Trinajstić information content (AvgIpc) is 2.53. The first-order valence-electron chi connectivity index (χ1n) is 7.43. The Morgan fingerprint density at radius 2 is 1.90 bits per heavy atom. The minimum absolute atomic E-state index is 0.143. The van der Waals surface area contributed by atoms with Gasteiger partial charge in [-0.2, -0.15) is 0 Å². The first kappa shape index (κ1) is 15.0. The third kappa shape index (κ3) is 4.05. The average molecular weight is 276 g/mol. The molecule has 1 aromatic rings. The third-order valence-corrected chi connectivity index (χ3v) is 3.84. The van der Waals surface area contributed by atoms with E-state index in [9.17, 15) is 9.90 Å². The van der Waals surface area contributed by atoms with Gasteiger partial charge in [-0.15, -0.1) is 0 Å². The molecule has 2 atom stereocenters. The summed E-state index contributed by atoms with van der Waals surface area (Å²) in [5.74, 6) is 0.143. The van der Waals surface area contributed by atoms with Crippen molar-refractivity contribution >= 4 is 5.91 Å². The smallest absolute Gasteiger partial charge is 0.239 e.